The fourth-order valence-electron chi connectivity index (χ4n) is 4.44. The van der Waals surface area contributed by atoms with Crippen LogP contribution in [0.5, 0.6) is 11.5 Å². The van der Waals surface area contributed by atoms with E-state index in [0.717, 1.165) is 12.0 Å². The van der Waals surface area contributed by atoms with Crippen molar-refractivity contribution in [3.05, 3.63) is 105 Å². The van der Waals surface area contributed by atoms with Gasteiger partial charge in [0.05, 0.1) is 24.7 Å². The van der Waals surface area contributed by atoms with E-state index >= 15 is 0 Å². The minimum atomic E-state index is -0.261. The van der Waals surface area contributed by atoms with Crippen molar-refractivity contribution in [3.8, 4) is 11.5 Å². The Morgan fingerprint density at radius 3 is 2.50 bits per heavy atom. The van der Waals surface area contributed by atoms with E-state index in [9.17, 15) is 9.59 Å². The third kappa shape index (κ3) is 5.88. The Labute approximate surface area is 241 Å². The molecule has 0 bridgehead atoms. The van der Waals surface area contributed by atoms with Crippen LogP contribution in [0.3, 0.4) is 0 Å². The van der Waals surface area contributed by atoms with E-state index in [4.69, 9.17) is 26.7 Å². The van der Waals surface area contributed by atoms with Crippen molar-refractivity contribution in [2.75, 3.05) is 32.6 Å². The highest BCUT2D eigenvalue weighted by molar-refractivity contribution is 8.26. The van der Waals surface area contributed by atoms with Crippen molar-refractivity contribution < 1.29 is 14.3 Å². The van der Waals surface area contributed by atoms with Gasteiger partial charge in [-0.3, -0.25) is 18.9 Å². The molecule has 1 saturated heterocycles. The number of carbonyl (C=O) groups excluding carboxylic acids is 1. The molecule has 0 aliphatic carbocycles. The van der Waals surface area contributed by atoms with Gasteiger partial charge in [0, 0.05) is 19.3 Å². The minimum Gasteiger partial charge on any atom is -0.493 e. The summed E-state index contributed by atoms with van der Waals surface area (Å²) in [4.78, 5) is 33.6. The van der Waals surface area contributed by atoms with Crippen LogP contribution >= 0.6 is 24.0 Å². The topological polar surface area (TPSA) is 85.2 Å². The van der Waals surface area contributed by atoms with E-state index < -0.39 is 0 Å². The SMILES string of the molecule is COc1ccc(CCN2C(=O)C(=Cc3c(NCCc4ccccc4)nc4ccccn4c3=O)SC2=S)cc1OC. The number of methoxy groups -OCH3 is 2. The second-order valence-corrected chi connectivity index (χ2v) is 10.7. The molecule has 10 heteroatoms. The molecule has 3 heterocycles. The molecule has 0 saturated carbocycles. The first-order chi connectivity index (χ1) is 19.5. The van der Waals surface area contributed by atoms with Gasteiger partial charge in [-0.05, 0) is 54.3 Å². The molecule has 4 aromatic rings. The van der Waals surface area contributed by atoms with E-state index in [-0.39, 0.29) is 11.5 Å². The molecule has 0 atom stereocenters. The average molecular weight is 573 g/mol. The van der Waals surface area contributed by atoms with Crippen LogP contribution < -0.4 is 20.3 Å². The second-order valence-electron chi connectivity index (χ2n) is 9.04. The predicted octanol–water partition coefficient (Wildman–Crippen LogP) is 4.81. The van der Waals surface area contributed by atoms with Gasteiger partial charge in [-0.25, -0.2) is 4.98 Å². The molecule has 1 amide bonds. The molecule has 8 nitrogen and oxygen atoms in total. The Morgan fingerprint density at radius 2 is 1.73 bits per heavy atom. The molecular formula is C30H28N4O4S2. The van der Waals surface area contributed by atoms with E-state index in [1.165, 1.54) is 21.7 Å². The number of carbonyl (C=O) groups is 1. The Balaban J connectivity index is 1.39. The summed E-state index contributed by atoms with van der Waals surface area (Å²) in [6.07, 6.45) is 4.61. The van der Waals surface area contributed by atoms with Crippen molar-refractivity contribution >= 4 is 51.7 Å². The van der Waals surface area contributed by atoms with Gasteiger partial charge < -0.3 is 14.8 Å². The second kappa shape index (κ2) is 12.4. The number of nitrogens with one attached hydrogen (secondary N) is 1. The number of rotatable bonds is 10. The zero-order valence-corrected chi connectivity index (χ0v) is 23.8. The van der Waals surface area contributed by atoms with E-state index in [2.05, 4.69) is 17.4 Å². The summed E-state index contributed by atoms with van der Waals surface area (Å²) < 4.78 is 12.6. The van der Waals surface area contributed by atoms with Gasteiger partial charge in [-0.15, -0.1) is 0 Å². The summed E-state index contributed by atoms with van der Waals surface area (Å²) >= 11 is 6.74. The fourth-order valence-corrected chi connectivity index (χ4v) is 5.73. The lowest BCUT2D eigenvalue weighted by Crippen LogP contribution is -2.30. The number of fused-ring (bicyclic) bond motifs is 1. The number of aromatic nitrogens is 2. The molecule has 204 valence electrons. The maximum absolute atomic E-state index is 13.5. The summed E-state index contributed by atoms with van der Waals surface area (Å²) in [6, 6.07) is 21.1. The van der Waals surface area contributed by atoms with Crippen molar-refractivity contribution in [3.63, 3.8) is 0 Å². The normalized spacial score (nSPS) is 14.2. The summed E-state index contributed by atoms with van der Waals surface area (Å²) in [6.45, 7) is 0.973. The Hall–Kier alpha value is -4.15. The van der Waals surface area contributed by atoms with Gasteiger partial charge >= 0.3 is 0 Å². The van der Waals surface area contributed by atoms with Crippen LogP contribution in [0.4, 0.5) is 5.82 Å². The molecule has 0 unspecified atom stereocenters. The molecular weight excluding hydrogens is 544 g/mol. The molecule has 1 fully saturated rings. The van der Waals surface area contributed by atoms with Crippen LogP contribution in [0.2, 0.25) is 0 Å². The smallest absolute Gasteiger partial charge is 0.267 e. The van der Waals surface area contributed by atoms with Gasteiger partial charge in [0.1, 0.15) is 15.8 Å². The minimum absolute atomic E-state index is 0.233. The number of amides is 1. The van der Waals surface area contributed by atoms with Crippen LogP contribution in [-0.2, 0) is 17.6 Å². The van der Waals surface area contributed by atoms with E-state index in [0.29, 0.717) is 57.3 Å². The molecule has 2 aromatic heterocycles. The van der Waals surface area contributed by atoms with Gasteiger partial charge in [0.15, 0.2) is 11.5 Å². The number of ether oxygens (including phenoxy) is 2. The zero-order valence-electron chi connectivity index (χ0n) is 22.1. The number of hydrogen-bond acceptors (Lipinski definition) is 8. The number of thioether (sulfide) groups is 1. The highest BCUT2D eigenvalue weighted by atomic mass is 32.2. The summed E-state index contributed by atoms with van der Waals surface area (Å²) in [5, 5.41) is 3.31. The number of pyridine rings is 1. The molecule has 0 radical (unpaired) electrons. The molecule has 0 spiro atoms. The monoisotopic (exact) mass is 572 g/mol. The van der Waals surface area contributed by atoms with Crippen LogP contribution in [0, 0.1) is 0 Å². The molecule has 1 aliphatic rings. The lowest BCUT2D eigenvalue weighted by Gasteiger charge is -2.15. The van der Waals surface area contributed by atoms with Crippen molar-refractivity contribution in [1.82, 2.24) is 14.3 Å². The van der Waals surface area contributed by atoms with E-state index in [1.54, 1.807) is 43.5 Å². The Bertz CT molecular complexity index is 1650. The first-order valence-electron chi connectivity index (χ1n) is 12.7. The zero-order chi connectivity index (χ0) is 28.1. The Kier molecular flexibility index (Phi) is 8.47. The number of thiocarbonyl (C=S) groups is 1. The van der Waals surface area contributed by atoms with Crippen molar-refractivity contribution in [2.24, 2.45) is 0 Å². The van der Waals surface area contributed by atoms with Gasteiger partial charge in [0.2, 0.25) is 0 Å². The van der Waals surface area contributed by atoms with Gasteiger partial charge in [-0.1, -0.05) is 66.4 Å². The highest BCUT2D eigenvalue weighted by Crippen LogP contribution is 2.34. The number of hydrogen-bond donors (Lipinski definition) is 1. The molecule has 40 heavy (non-hydrogen) atoms. The lowest BCUT2D eigenvalue weighted by molar-refractivity contribution is -0.122. The van der Waals surface area contributed by atoms with Crippen LogP contribution in [0.25, 0.3) is 11.7 Å². The van der Waals surface area contributed by atoms with Crippen LogP contribution in [0.1, 0.15) is 16.7 Å². The van der Waals surface area contributed by atoms with Gasteiger partial charge in [-0.2, -0.15) is 0 Å². The largest absolute Gasteiger partial charge is 0.493 e. The third-order valence-corrected chi connectivity index (χ3v) is 7.92. The third-order valence-electron chi connectivity index (χ3n) is 6.54. The summed E-state index contributed by atoms with van der Waals surface area (Å²) in [5.74, 6) is 1.47. The number of nitrogens with zero attached hydrogens (tertiary/aromatic N) is 3. The summed E-state index contributed by atoms with van der Waals surface area (Å²) in [5.41, 5.74) is 2.73. The fraction of sp³-hybridized carbons (Fsp3) is 0.200. The van der Waals surface area contributed by atoms with Crippen LogP contribution in [-0.4, -0.2) is 51.8 Å². The quantitative estimate of drug-likeness (QED) is 0.214. The lowest BCUT2D eigenvalue weighted by atomic mass is 10.1. The first kappa shape index (κ1) is 27.4. The van der Waals surface area contributed by atoms with Gasteiger partial charge in [0.25, 0.3) is 11.5 Å². The van der Waals surface area contributed by atoms with E-state index in [1.807, 2.05) is 42.5 Å². The molecule has 2 aromatic carbocycles. The number of anilines is 1. The summed E-state index contributed by atoms with van der Waals surface area (Å²) in [7, 11) is 3.18. The van der Waals surface area contributed by atoms with Crippen molar-refractivity contribution in [2.45, 2.75) is 12.8 Å². The predicted molar refractivity (Wildman–Crippen MR) is 163 cm³/mol. The molecule has 1 aliphatic heterocycles. The highest BCUT2D eigenvalue weighted by Gasteiger charge is 2.32. The maximum atomic E-state index is 13.5. The van der Waals surface area contributed by atoms with Crippen LogP contribution in [0.15, 0.2) is 82.6 Å². The Morgan fingerprint density at radius 1 is 0.950 bits per heavy atom. The standard InChI is InChI=1S/C30H28N4O4S2/c1-37-23-12-11-21(18-24(23)38-2)14-17-34-29(36)25(40-30(34)39)19-22-27(31-15-13-20-8-4-3-5-9-20)32-26-10-6-7-16-33(26)28(22)35/h3-12,16,18-19,31H,13-15,17H2,1-2H3. The number of benzene rings is 2. The molecule has 5 rings (SSSR count). The first-order valence-corrected chi connectivity index (χ1v) is 14.0. The maximum Gasteiger partial charge on any atom is 0.267 e. The van der Waals surface area contributed by atoms with Crippen molar-refractivity contribution in [1.29, 1.82) is 0 Å². The molecule has 1 N–H and O–H groups in total. The average Bonchev–Trinajstić information content (AvgIpc) is 3.25.